The van der Waals surface area contributed by atoms with Crippen molar-refractivity contribution in [3.8, 4) is 0 Å². The topological polar surface area (TPSA) is 62.0 Å². The summed E-state index contributed by atoms with van der Waals surface area (Å²) in [5, 5.41) is 2.58. The van der Waals surface area contributed by atoms with E-state index in [-0.39, 0.29) is 17.0 Å². The van der Waals surface area contributed by atoms with Crippen molar-refractivity contribution in [2.24, 2.45) is 5.41 Å². The lowest BCUT2D eigenvalue weighted by Gasteiger charge is -2.17. The first kappa shape index (κ1) is 12.0. The SMILES string of the molecule is CC(C)(C)C(=O)Nc1c[nH]cc(Br)c1=O. The van der Waals surface area contributed by atoms with Gasteiger partial charge in [0.2, 0.25) is 11.3 Å². The standard InChI is InChI=1S/C10H13BrN2O2/c1-10(2,3)9(15)13-7-5-12-4-6(11)8(7)14/h4-5H,1-3H3,(H,12,14)(H,13,15). The predicted octanol–water partition coefficient (Wildman–Crippen LogP) is 2.12. The molecule has 4 nitrogen and oxygen atoms in total. The lowest BCUT2D eigenvalue weighted by molar-refractivity contribution is -0.123. The number of H-pyrrole nitrogens is 1. The average Bonchev–Trinajstić information content (AvgIpc) is 2.11. The molecule has 0 aliphatic heterocycles. The molecule has 0 bridgehead atoms. The van der Waals surface area contributed by atoms with Gasteiger partial charge in [-0.2, -0.15) is 0 Å². The van der Waals surface area contributed by atoms with Crippen molar-refractivity contribution >= 4 is 27.5 Å². The van der Waals surface area contributed by atoms with Gasteiger partial charge in [0.1, 0.15) is 5.69 Å². The summed E-state index contributed by atoms with van der Waals surface area (Å²) in [4.78, 5) is 25.9. The first-order chi connectivity index (χ1) is 6.82. The van der Waals surface area contributed by atoms with Crippen molar-refractivity contribution in [3.05, 3.63) is 27.1 Å². The Morgan fingerprint density at radius 1 is 1.40 bits per heavy atom. The average molecular weight is 273 g/mol. The van der Waals surface area contributed by atoms with E-state index in [9.17, 15) is 9.59 Å². The van der Waals surface area contributed by atoms with Crippen molar-refractivity contribution in [1.29, 1.82) is 0 Å². The molecule has 1 amide bonds. The maximum absolute atomic E-state index is 11.6. The van der Waals surface area contributed by atoms with Gasteiger partial charge in [-0.05, 0) is 15.9 Å². The molecule has 1 aromatic rings. The Labute approximate surface area is 96.2 Å². The molecule has 15 heavy (non-hydrogen) atoms. The number of hydrogen-bond donors (Lipinski definition) is 2. The Morgan fingerprint density at radius 2 is 2.00 bits per heavy atom. The molecule has 0 aliphatic carbocycles. The molecule has 1 heterocycles. The number of rotatable bonds is 1. The molecule has 0 aromatic carbocycles. The minimum atomic E-state index is -0.519. The summed E-state index contributed by atoms with van der Waals surface area (Å²) in [6, 6.07) is 0. The minimum absolute atomic E-state index is 0.189. The summed E-state index contributed by atoms with van der Waals surface area (Å²) >= 11 is 3.09. The number of halogens is 1. The molecule has 0 spiro atoms. The molecule has 0 fully saturated rings. The number of hydrogen-bond acceptors (Lipinski definition) is 2. The second-order valence-electron chi connectivity index (χ2n) is 4.25. The molecule has 82 valence electrons. The van der Waals surface area contributed by atoms with E-state index in [1.807, 2.05) is 0 Å². The van der Waals surface area contributed by atoms with Crippen molar-refractivity contribution in [1.82, 2.24) is 4.98 Å². The van der Waals surface area contributed by atoms with Gasteiger partial charge in [-0.3, -0.25) is 9.59 Å². The minimum Gasteiger partial charge on any atom is -0.365 e. The molecule has 1 aromatic heterocycles. The maximum atomic E-state index is 11.6. The number of aromatic amines is 1. The van der Waals surface area contributed by atoms with Gasteiger partial charge in [0, 0.05) is 17.8 Å². The molecule has 1 rings (SSSR count). The predicted molar refractivity (Wildman–Crippen MR) is 62.8 cm³/mol. The largest absolute Gasteiger partial charge is 0.365 e. The van der Waals surface area contributed by atoms with Crippen LogP contribution in [0.2, 0.25) is 0 Å². The second-order valence-corrected chi connectivity index (χ2v) is 5.10. The molecule has 5 heteroatoms. The van der Waals surface area contributed by atoms with E-state index in [4.69, 9.17) is 0 Å². The molecule has 0 radical (unpaired) electrons. The van der Waals surface area contributed by atoms with Crippen LogP contribution >= 0.6 is 15.9 Å². The molecular weight excluding hydrogens is 260 g/mol. The fourth-order valence-electron chi connectivity index (χ4n) is 0.861. The van der Waals surface area contributed by atoms with Crippen LogP contribution in [0.25, 0.3) is 0 Å². The maximum Gasteiger partial charge on any atom is 0.229 e. The number of nitrogens with one attached hydrogen (secondary N) is 2. The van der Waals surface area contributed by atoms with E-state index < -0.39 is 5.41 Å². The summed E-state index contributed by atoms with van der Waals surface area (Å²) < 4.78 is 0.397. The van der Waals surface area contributed by atoms with Crippen LogP contribution in [0.5, 0.6) is 0 Å². The highest BCUT2D eigenvalue weighted by Gasteiger charge is 2.22. The summed E-state index contributed by atoms with van der Waals surface area (Å²) in [5.74, 6) is -0.189. The third-order valence-electron chi connectivity index (χ3n) is 1.83. The second kappa shape index (κ2) is 4.18. The summed E-state index contributed by atoms with van der Waals surface area (Å²) in [5.41, 5.74) is -0.495. The van der Waals surface area contributed by atoms with Gasteiger partial charge in [-0.25, -0.2) is 0 Å². The molecule has 2 N–H and O–H groups in total. The van der Waals surface area contributed by atoms with Crippen LogP contribution < -0.4 is 10.7 Å². The zero-order chi connectivity index (χ0) is 11.6. The molecule has 0 unspecified atom stereocenters. The molecule has 0 saturated heterocycles. The molecular formula is C10H13BrN2O2. The van der Waals surface area contributed by atoms with E-state index >= 15 is 0 Å². The van der Waals surface area contributed by atoms with Crippen LogP contribution in [0.3, 0.4) is 0 Å². The van der Waals surface area contributed by atoms with Crippen molar-refractivity contribution in [2.45, 2.75) is 20.8 Å². The van der Waals surface area contributed by atoms with Crippen molar-refractivity contribution in [3.63, 3.8) is 0 Å². The van der Waals surface area contributed by atoms with Crippen LogP contribution in [0.4, 0.5) is 5.69 Å². The normalized spacial score (nSPS) is 11.2. The van der Waals surface area contributed by atoms with Crippen molar-refractivity contribution in [2.75, 3.05) is 5.32 Å². The monoisotopic (exact) mass is 272 g/mol. The zero-order valence-electron chi connectivity index (χ0n) is 8.85. The van der Waals surface area contributed by atoms with Gasteiger partial charge < -0.3 is 10.3 Å². The van der Waals surface area contributed by atoms with Crippen LogP contribution in [-0.4, -0.2) is 10.9 Å². The van der Waals surface area contributed by atoms with Gasteiger partial charge in [0.15, 0.2) is 0 Å². The van der Waals surface area contributed by atoms with E-state index in [0.29, 0.717) is 4.47 Å². The lowest BCUT2D eigenvalue weighted by Crippen LogP contribution is -2.30. The Kier molecular flexibility index (Phi) is 3.34. The highest BCUT2D eigenvalue weighted by atomic mass is 79.9. The third kappa shape index (κ3) is 2.92. The number of carbonyl (C=O) groups is 1. The fourth-order valence-corrected chi connectivity index (χ4v) is 1.21. The zero-order valence-corrected chi connectivity index (χ0v) is 10.4. The highest BCUT2D eigenvalue weighted by molar-refractivity contribution is 9.10. The van der Waals surface area contributed by atoms with Gasteiger partial charge in [0.05, 0.1) is 4.47 Å². The number of anilines is 1. The Hall–Kier alpha value is -1.10. The smallest absolute Gasteiger partial charge is 0.229 e. The Balaban J connectivity index is 2.97. The fraction of sp³-hybridized carbons (Fsp3) is 0.400. The number of carbonyl (C=O) groups excluding carboxylic acids is 1. The molecule has 0 saturated carbocycles. The Morgan fingerprint density at radius 3 is 2.53 bits per heavy atom. The van der Waals surface area contributed by atoms with E-state index in [1.54, 1.807) is 20.8 Å². The van der Waals surface area contributed by atoms with Crippen LogP contribution in [-0.2, 0) is 4.79 Å². The van der Waals surface area contributed by atoms with E-state index in [1.165, 1.54) is 12.4 Å². The van der Waals surface area contributed by atoms with Gasteiger partial charge in [0.25, 0.3) is 0 Å². The quantitative estimate of drug-likeness (QED) is 0.823. The van der Waals surface area contributed by atoms with Gasteiger partial charge in [-0.1, -0.05) is 20.8 Å². The van der Waals surface area contributed by atoms with Gasteiger partial charge in [-0.15, -0.1) is 0 Å². The molecule has 0 aliphatic rings. The first-order valence-corrected chi connectivity index (χ1v) is 5.29. The summed E-state index contributed by atoms with van der Waals surface area (Å²) in [7, 11) is 0. The van der Waals surface area contributed by atoms with E-state index in [0.717, 1.165) is 0 Å². The van der Waals surface area contributed by atoms with Crippen LogP contribution in [0.1, 0.15) is 20.8 Å². The first-order valence-electron chi connectivity index (χ1n) is 4.50. The van der Waals surface area contributed by atoms with Crippen LogP contribution in [0, 0.1) is 5.41 Å². The summed E-state index contributed by atoms with van der Waals surface area (Å²) in [6.45, 7) is 5.36. The number of pyridine rings is 1. The summed E-state index contributed by atoms with van der Waals surface area (Å²) in [6.07, 6.45) is 2.99. The number of aromatic nitrogens is 1. The molecule has 0 atom stereocenters. The number of amides is 1. The van der Waals surface area contributed by atoms with Gasteiger partial charge >= 0.3 is 0 Å². The lowest BCUT2D eigenvalue weighted by atomic mass is 9.95. The van der Waals surface area contributed by atoms with Crippen LogP contribution in [0.15, 0.2) is 21.7 Å². The Bertz CT molecular complexity index is 432. The van der Waals surface area contributed by atoms with E-state index in [2.05, 4.69) is 26.2 Å². The third-order valence-corrected chi connectivity index (χ3v) is 2.42. The van der Waals surface area contributed by atoms with Crippen molar-refractivity contribution < 1.29 is 4.79 Å². The highest BCUT2D eigenvalue weighted by Crippen LogP contribution is 2.15.